The van der Waals surface area contributed by atoms with Gasteiger partial charge in [-0.15, -0.1) is 0 Å². The fourth-order valence-corrected chi connectivity index (χ4v) is 8.77. The van der Waals surface area contributed by atoms with Gasteiger partial charge in [0.2, 0.25) is 0 Å². The van der Waals surface area contributed by atoms with Crippen molar-refractivity contribution < 1.29 is 0 Å². The third-order valence-corrected chi connectivity index (χ3v) is 10.9. The first-order valence-electron chi connectivity index (χ1n) is 18.8. The number of aromatic nitrogens is 4. The molecule has 0 fully saturated rings. The quantitative estimate of drug-likeness (QED) is 0.152. The molecule has 0 spiro atoms. The number of hydrogen-bond donors (Lipinski definition) is 0. The van der Waals surface area contributed by atoms with Gasteiger partial charge in [-0.2, -0.15) is 5.10 Å². The average Bonchev–Trinajstić information content (AvgIpc) is 3.61. The first kappa shape index (κ1) is 34.0. The highest BCUT2D eigenvalue weighted by molar-refractivity contribution is 6.09. The van der Waals surface area contributed by atoms with Gasteiger partial charge in [-0.25, -0.2) is 9.67 Å². The molecule has 4 nitrogen and oxygen atoms in total. The largest absolute Gasteiger partial charge is 0.294 e. The first-order chi connectivity index (χ1) is 23.9. The maximum Gasteiger partial charge on any atom is 0.137 e. The van der Waals surface area contributed by atoms with E-state index in [0.717, 1.165) is 12.2 Å². The van der Waals surface area contributed by atoms with Gasteiger partial charge >= 0.3 is 0 Å². The second-order valence-corrected chi connectivity index (χ2v) is 16.1. The van der Waals surface area contributed by atoms with Crippen LogP contribution >= 0.6 is 0 Å². The summed E-state index contributed by atoms with van der Waals surface area (Å²) in [6.07, 6.45) is 6.49. The van der Waals surface area contributed by atoms with E-state index in [4.69, 9.17) is 10.1 Å². The summed E-state index contributed by atoms with van der Waals surface area (Å²) in [5, 5.41) is 8.02. The number of rotatable bonds is 8. The van der Waals surface area contributed by atoms with E-state index in [0.29, 0.717) is 35.5 Å². The number of allylic oxidation sites excluding steroid dienone is 2. The van der Waals surface area contributed by atoms with Crippen LogP contribution < -0.4 is 0 Å². The normalized spacial score (nSPS) is 18.3. The zero-order valence-electron chi connectivity index (χ0n) is 31.8. The molecule has 258 valence electrons. The van der Waals surface area contributed by atoms with E-state index in [1.807, 2.05) is 6.20 Å². The Morgan fingerprint density at radius 1 is 0.760 bits per heavy atom. The van der Waals surface area contributed by atoms with Crippen LogP contribution in [0.25, 0.3) is 33.3 Å². The molecule has 0 saturated heterocycles. The molecule has 1 aliphatic rings. The summed E-state index contributed by atoms with van der Waals surface area (Å²) >= 11 is 0. The molecule has 6 aromatic rings. The summed E-state index contributed by atoms with van der Waals surface area (Å²) in [6, 6.07) is 27.1. The summed E-state index contributed by atoms with van der Waals surface area (Å²) in [4.78, 5) is 4.81. The van der Waals surface area contributed by atoms with Crippen LogP contribution in [0, 0.1) is 18.8 Å². The van der Waals surface area contributed by atoms with E-state index in [1.54, 1.807) is 0 Å². The van der Waals surface area contributed by atoms with Crippen molar-refractivity contribution in [1.29, 1.82) is 0 Å². The van der Waals surface area contributed by atoms with E-state index >= 15 is 0 Å². The van der Waals surface area contributed by atoms with Gasteiger partial charge in [0.25, 0.3) is 0 Å². The lowest BCUT2D eigenvalue weighted by Crippen LogP contribution is -2.21. The highest BCUT2D eigenvalue weighted by Gasteiger charge is 2.35. The highest BCUT2D eigenvalue weighted by Crippen LogP contribution is 2.46. The van der Waals surface area contributed by atoms with Crippen molar-refractivity contribution in [3.8, 4) is 11.5 Å². The third-order valence-electron chi connectivity index (χ3n) is 10.9. The molecule has 3 aromatic heterocycles. The van der Waals surface area contributed by atoms with Crippen LogP contribution in [0.15, 0.2) is 90.6 Å². The molecule has 1 unspecified atom stereocenters. The summed E-state index contributed by atoms with van der Waals surface area (Å²) < 4.78 is 4.65. The van der Waals surface area contributed by atoms with Gasteiger partial charge in [-0.1, -0.05) is 103 Å². The Morgan fingerprint density at radius 2 is 1.52 bits per heavy atom. The van der Waals surface area contributed by atoms with Crippen LogP contribution in [-0.2, 0) is 6.42 Å². The van der Waals surface area contributed by atoms with Gasteiger partial charge in [-0.3, -0.25) is 4.57 Å². The van der Waals surface area contributed by atoms with Crippen molar-refractivity contribution in [2.24, 2.45) is 11.8 Å². The lowest BCUT2D eigenvalue weighted by Gasteiger charge is -2.33. The predicted octanol–water partition coefficient (Wildman–Crippen LogP) is 12.3. The minimum absolute atomic E-state index is 0.343. The summed E-state index contributed by atoms with van der Waals surface area (Å²) in [5.41, 5.74) is 14.3. The Bertz CT molecular complexity index is 2220. The standard InChI is InChI=1S/C46H54N4/c1-27(2)36-23-35(22-34-15-16-39-38-13-11-12-14-40(38)49(41(39)25-34)42-21-30(7)17-18-47-42)24-37(26-36)50-46(29(5)6)44(45(48-50)28(3)4)43-32(9)19-31(8)20-33(43)10/h11-19,21,23-29,31,33,43H,20,22H2,1-10H3/t31?,33-,43+/m0/s1. The smallest absolute Gasteiger partial charge is 0.137 e. The Labute approximate surface area is 299 Å². The maximum absolute atomic E-state index is 5.51. The molecule has 0 bridgehead atoms. The molecule has 0 radical (unpaired) electrons. The molecule has 3 heterocycles. The van der Waals surface area contributed by atoms with Crippen molar-refractivity contribution in [2.45, 2.75) is 106 Å². The minimum Gasteiger partial charge on any atom is -0.294 e. The number of hydrogen-bond acceptors (Lipinski definition) is 2. The third kappa shape index (κ3) is 6.12. The van der Waals surface area contributed by atoms with Crippen molar-refractivity contribution in [3.05, 3.63) is 130 Å². The van der Waals surface area contributed by atoms with Crippen molar-refractivity contribution in [1.82, 2.24) is 19.3 Å². The molecule has 0 N–H and O–H groups in total. The van der Waals surface area contributed by atoms with Gasteiger partial charge in [0.05, 0.1) is 28.1 Å². The lowest BCUT2D eigenvalue weighted by atomic mass is 9.71. The topological polar surface area (TPSA) is 35.6 Å². The number of aryl methyl sites for hydroxylation is 1. The Kier molecular flexibility index (Phi) is 9.09. The van der Waals surface area contributed by atoms with Crippen LogP contribution in [0.4, 0.5) is 0 Å². The van der Waals surface area contributed by atoms with Crippen LogP contribution in [0.2, 0.25) is 0 Å². The predicted molar refractivity (Wildman–Crippen MR) is 211 cm³/mol. The summed E-state index contributed by atoms with van der Waals surface area (Å²) in [5.74, 6) is 3.66. The van der Waals surface area contributed by atoms with Gasteiger partial charge in [0.15, 0.2) is 0 Å². The zero-order valence-corrected chi connectivity index (χ0v) is 31.8. The van der Waals surface area contributed by atoms with E-state index in [2.05, 4.69) is 157 Å². The summed E-state index contributed by atoms with van der Waals surface area (Å²) in [6.45, 7) is 23.2. The monoisotopic (exact) mass is 662 g/mol. The molecule has 0 amide bonds. The number of nitrogens with zero attached hydrogens (tertiary/aromatic N) is 4. The van der Waals surface area contributed by atoms with Gasteiger partial charge < -0.3 is 0 Å². The summed E-state index contributed by atoms with van der Waals surface area (Å²) in [7, 11) is 0. The van der Waals surface area contributed by atoms with Crippen LogP contribution in [-0.4, -0.2) is 19.3 Å². The molecule has 4 heteroatoms. The second-order valence-electron chi connectivity index (χ2n) is 16.1. The Balaban J connectivity index is 1.37. The molecule has 1 aliphatic carbocycles. The molecule has 7 rings (SSSR count). The fourth-order valence-electron chi connectivity index (χ4n) is 8.77. The van der Waals surface area contributed by atoms with Gasteiger partial charge in [0.1, 0.15) is 5.82 Å². The molecule has 3 aromatic carbocycles. The van der Waals surface area contributed by atoms with Crippen molar-refractivity contribution in [3.63, 3.8) is 0 Å². The molecule has 0 aliphatic heterocycles. The van der Waals surface area contributed by atoms with E-state index in [-0.39, 0.29) is 0 Å². The Morgan fingerprint density at radius 3 is 2.22 bits per heavy atom. The van der Waals surface area contributed by atoms with E-state index < -0.39 is 0 Å². The Hall–Kier alpha value is -4.44. The maximum atomic E-state index is 5.51. The van der Waals surface area contributed by atoms with Crippen LogP contribution in [0.1, 0.15) is 132 Å². The number of pyridine rings is 1. The highest BCUT2D eigenvalue weighted by atomic mass is 15.3. The minimum atomic E-state index is 0.343. The van der Waals surface area contributed by atoms with Gasteiger partial charge in [-0.05, 0) is 115 Å². The SMILES string of the molecule is CC1=CC(C)C[C@H](C)[C@@H]1c1c(C(C)C)nn(-c2cc(Cc3ccc4c5ccccc5n(-c5cc(C)ccn5)c4c3)cc(C(C)C)c2)c1C(C)C. The lowest BCUT2D eigenvalue weighted by molar-refractivity contribution is 0.388. The number of para-hydroxylation sites is 1. The van der Waals surface area contributed by atoms with Crippen LogP contribution in [0.5, 0.6) is 0 Å². The molecular formula is C46H54N4. The van der Waals surface area contributed by atoms with E-state index in [1.165, 1.54) is 78.7 Å². The average molecular weight is 663 g/mol. The molecule has 50 heavy (non-hydrogen) atoms. The first-order valence-corrected chi connectivity index (χ1v) is 18.8. The molecular weight excluding hydrogens is 609 g/mol. The van der Waals surface area contributed by atoms with Crippen molar-refractivity contribution >= 4 is 21.8 Å². The second kappa shape index (κ2) is 13.4. The van der Waals surface area contributed by atoms with E-state index in [9.17, 15) is 0 Å². The van der Waals surface area contributed by atoms with Gasteiger partial charge in [0, 0.05) is 28.5 Å². The molecule has 3 atom stereocenters. The zero-order chi connectivity index (χ0) is 35.4. The van der Waals surface area contributed by atoms with Crippen molar-refractivity contribution in [2.75, 3.05) is 0 Å². The number of benzene rings is 3. The van der Waals surface area contributed by atoms with Crippen LogP contribution in [0.3, 0.4) is 0 Å². The number of fused-ring (bicyclic) bond motifs is 3. The fraction of sp³-hybridized carbons (Fsp3) is 0.391. The molecule has 0 saturated carbocycles.